The molecule has 0 aromatic carbocycles. The smallest absolute Gasteiger partial charge is 0.784 e. The van der Waals surface area contributed by atoms with E-state index in [9.17, 15) is 18.9 Å². The van der Waals surface area contributed by atoms with Crippen molar-refractivity contribution in [1.29, 1.82) is 0 Å². The van der Waals surface area contributed by atoms with Crippen LogP contribution in [0.4, 0.5) is 0 Å². The van der Waals surface area contributed by atoms with Crippen molar-refractivity contribution >= 4 is 57.1 Å². The maximum Gasteiger partial charge on any atom is 2.00 e. The molecule has 0 bridgehead atoms. The molecular weight excluding hydrogens is 1330 g/mol. The number of unbranched alkanes of at least 4 members (excludes halogenated alkanes) is 72. The minimum absolute atomic E-state index is 0. The van der Waals surface area contributed by atoms with E-state index in [1.807, 2.05) is 0 Å². The first kappa shape index (κ1) is 102. The van der Waals surface area contributed by atoms with Gasteiger partial charge in [-0.15, -0.1) is 45.5 Å². The van der Waals surface area contributed by atoms with Crippen molar-refractivity contribution in [2.75, 3.05) is 23.0 Å². The first-order valence-corrected chi connectivity index (χ1v) is 53.1. The number of hydrogen-bond donors (Lipinski definition) is 0. The fraction of sp³-hybridized carbons (Fsp3) is 1.00. The molecule has 0 aromatic rings. The standard InChI is InChI=1S/2C42H87O2PS2.Zn/c2*1-3-5-7-9-11-13-15-17-19-21-23-25-27-29-31-33-35-37-39-41-46-45(43,44)47-42-40-38-36-34-32-30-28-26-24-22-20-18-16-14-12-10-8-6-4-2;/h2*3-42H2,1-2H3,(H,43,44);/q;;+2/p-2. The maximum atomic E-state index is 12.4. The van der Waals surface area contributed by atoms with E-state index in [4.69, 9.17) is 0 Å². The molecule has 568 valence electrons. The Hall–Kier alpha value is 2.40. The zero-order valence-corrected chi connectivity index (χ0v) is 73.5. The van der Waals surface area contributed by atoms with Crippen molar-refractivity contribution in [2.45, 2.75) is 516 Å². The molecule has 0 saturated heterocycles. The topological polar surface area (TPSA) is 80.3 Å². The molecule has 0 N–H and O–H groups in total. The summed E-state index contributed by atoms with van der Waals surface area (Å²) in [5, 5.41) is 0. The second-order valence-electron chi connectivity index (χ2n) is 29.7. The van der Waals surface area contributed by atoms with Crippen molar-refractivity contribution in [3.63, 3.8) is 0 Å². The van der Waals surface area contributed by atoms with Crippen LogP contribution in [-0.4, -0.2) is 23.0 Å². The normalized spacial score (nSPS) is 11.9. The van der Waals surface area contributed by atoms with E-state index >= 15 is 0 Å². The van der Waals surface area contributed by atoms with E-state index in [0.29, 0.717) is 0 Å². The fourth-order valence-corrected chi connectivity index (χ4v) is 24.6. The van der Waals surface area contributed by atoms with Crippen molar-refractivity contribution in [2.24, 2.45) is 0 Å². The van der Waals surface area contributed by atoms with Crippen LogP contribution in [0.2, 0.25) is 0 Å². The fourth-order valence-electron chi connectivity index (χ4n) is 13.5. The van der Waals surface area contributed by atoms with Crippen molar-refractivity contribution in [3.05, 3.63) is 0 Å². The van der Waals surface area contributed by atoms with Crippen molar-refractivity contribution < 1.29 is 38.4 Å². The van der Waals surface area contributed by atoms with Gasteiger partial charge in [-0.25, -0.2) is 0 Å². The molecular formula is C84H172O4P2S4Zn. The summed E-state index contributed by atoms with van der Waals surface area (Å²) < 4.78 is 24.7. The zero-order chi connectivity index (χ0) is 68.4. The average Bonchev–Trinajstić information content (AvgIpc) is 2.59. The molecule has 0 radical (unpaired) electrons. The van der Waals surface area contributed by atoms with E-state index in [1.165, 1.54) is 508 Å². The van der Waals surface area contributed by atoms with Crippen LogP contribution >= 0.6 is 57.1 Å². The Morgan fingerprint density at radius 2 is 0.232 bits per heavy atom. The van der Waals surface area contributed by atoms with Gasteiger partial charge in [0.05, 0.1) is 0 Å². The predicted molar refractivity (Wildman–Crippen MR) is 439 cm³/mol. The molecule has 0 fully saturated rings. The van der Waals surface area contributed by atoms with Gasteiger partial charge in [-0.1, -0.05) is 490 Å². The monoisotopic (exact) mass is 1500 g/mol. The van der Waals surface area contributed by atoms with E-state index in [-0.39, 0.29) is 19.5 Å². The molecule has 0 spiro atoms. The van der Waals surface area contributed by atoms with Gasteiger partial charge in [0.2, 0.25) is 0 Å². The molecule has 11 heteroatoms. The molecule has 0 atom stereocenters. The van der Waals surface area contributed by atoms with Gasteiger partial charge in [-0.2, -0.15) is 0 Å². The first-order valence-electron chi connectivity index (χ1n) is 43.4. The molecule has 0 aliphatic rings. The van der Waals surface area contributed by atoms with Gasteiger partial charge < -0.3 is 18.9 Å². The Kier molecular flexibility index (Phi) is 96.9. The summed E-state index contributed by atoms with van der Waals surface area (Å²) in [6, 6.07) is 0. The molecule has 0 saturated carbocycles. The number of rotatable bonds is 84. The van der Waals surface area contributed by atoms with Crippen LogP contribution in [0.15, 0.2) is 0 Å². The summed E-state index contributed by atoms with van der Waals surface area (Å²) in [6.07, 6.45) is 105. The van der Waals surface area contributed by atoms with Gasteiger partial charge in [-0.05, 0) is 25.7 Å². The van der Waals surface area contributed by atoms with E-state index < -0.39 is 11.5 Å². The summed E-state index contributed by atoms with van der Waals surface area (Å²) in [7, 11) is 0. The summed E-state index contributed by atoms with van der Waals surface area (Å²) >= 11 is 4.89. The minimum Gasteiger partial charge on any atom is -0.784 e. The van der Waals surface area contributed by atoms with Gasteiger partial charge in [0, 0.05) is 23.0 Å². The molecule has 0 aliphatic carbocycles. The average molecular weight is 1500 g/mol. The van der Waals surface area contributed by atoms with Crippen LogP contribution in [0.25, 0.3) is 0 Å². The zero-order valence-electron chi connectivity index (χ0n) is 65.4. The van der Waals surface area contributed by atoms with Gasteiger partial charge in [0.25, 0.3) is 0 Å². The van der Waals surface area contributed by atoms with Crippen LogP contribution in [0.5, 0.6) is 0 Å². The Morgan fingerprint density at radius 1 is 0.158 bits per heavy atom. The first-order chi connectivity index (χ1) is 46.2. The van der Waals surface area contributed by atoms with Gasteiger partial charge in [-0.3, -0.25) is 0 Å². The third-order valence-electron chi connectivity index (χ3n) is 20.0. The second-order valence-corrected chi connectivity index (χ2v) is 44.4. The predicted octanol–water partition coefficient (Wildman–Crippen LogP) is 33.6. The van der Waals surface area contributed by atoms with Crippen molar-refractivity contribution in [3.8, 4) is 0 Å². The molecule has 4 nitrogen and oxygen atoms in total. The van der Waals surface area contributed by atoms with Crippen LogP contribution < -0.4 is 9.79 Å². The Bertz CT molecular complexity index is 1250. The summed E-state index contributed by atoms with van der Waals surface area (Å²) in [5.74, 6) is -3.46. The number of hydrogen-bond acceptors (Lipinski definition) is 8. The summed E-state index contributed by atoms with van der Waals surface area (Å²) in [6.45, 7) is 9.18. The SMILES string of the molecule is CCCCCCCCCCCCCCCCCCCCCSP(=O)([O-])SCCCCCCCCCCCCCCCCCCCCC.CCCCCCCCCCCCCCCCCCCCCSP(=O)([O-])SCCCCCCCCCCCCCCCCCCCCC.[Zn+2]. The Morgan fingerprint density at radius 3 is 0.316 bits per heavy atom. The minimum atomic E-state index is -3.30. The molecule has 0 amide bonds. The molecule has 0 rings (SSSR count). The van der Waals surface area contributed by atoms with Crippen LogP contribution in [0.1, 0.15) is 516 Å². The quantitative estimate of drug-likeness (QED) is 0.0339. The second kappa shape index (κ2) is 90.6. The van der Waals surface area contributed by atoms with E-state index in [0.717, 1.165) is 48.7 Å². The molecule has 0 heterocycles. The Labute approximate surface area is 629 Å². The molecule has 95 heavy (non-hydrogen) atoms. The summed E-state index contributed by atoms with van der Waals surface area (Å²) in [5.41, 5.74) is 0. The molecule has 0 unspecified atom stereocenters. The van der Waals surface area contributed by atoms with Crippen LogP contribution in [0, 0.1) is 0 Å². The van der Waals surface area contributed by atoms with Gasteiger partial charge in [0.1, 0.15) is 11.5 Å². The van der Waals surface area contributed by atoms with Crippen LogP contribution in [0.3, 0.4) is 0 Å². The van der Waals surface area contributed by atoms with Crippen LogP contribution in [-0.2, 0) is 28.6 Å². The van der Waals surface area contributed by atoms with Gasteiger partial charge >= 0.3 is 19.5 Å². The van der Waals surface area contributed by atoms with E-state index in [2.05, 4.69) is 27.7 Å². The molecule has 0 aromatic heterocycles. The third kappa shape index (κ3) is 96.4. The third-order valence-corrected chi connectivity index (χ3v) is 32.9. The van der Waals surface area contributed by atoms with Crippen molar-refractivity contribution in [1.82, 2.24) is 0 Å². The summed E-state index contributed by atoms with van der Waals surface area (Å²) in [4.78, 5) is 24.7. The van der Waals surface area contributed by atoms with E-state index in [1.54, 1.807) is 0 Å². The Balaban J connectivity index is -0.00000176. The maximum absolute atomic E-state index is 12.4. The van der Waals surface area contributed by atoms with Gasteiger partial charge in [0.15, 0.2) is 0 Å². The largest absolute Gasteiger partial charge is 2.00 e. The molecule has 0 aliphatic heterocycles.